The van der Waals surface area contributed by atoms with Crippen molar-refractivity contribution in [3.63, 3.8) is 0 Å². The van der Waals surface area contributed by atoms with Crippen LogP contribution in [0.1, 0.15) is 35.1 Å². The quantitative estimate of drug-likeness (QED) is 0.902. The molecule has 1 aliphatic rings. The Morgan fingerprint density at radius 1 is 1.10 bits per heavy atom. The number of anilines is 1. The van der Waals surface area contributed by atoms with Crippen LogP contribution >= 0.6 is 0 Å². The van der Waals surface area contributed by atoms with Crippen LogP contribution in [-0.4, -0.2) is 5.91 Å². The molecule has 0 bridgehead atoms. The second-order valence-corrected chi connectivity index (χ2v) is 5.86. The number of amides is 1. The smallest absolute Gasteiger partial charge is 0.228 e. The van der Waals surface area contributed by atoms with Crippen LogP contribution in [-0.2, 0) is 24.1 Å². The second kappa shape index (κ2) is 6.13. The van der Waals surface area contributed by atoms with E-state index in [1.54, 1.807) is 0 Å². The van der Waals surface area contributed by atoms with Gasteiger partial charge in [-0.2, -0.15) is 0 Å². The number of aryl methyl sites for hydroxylation is 2. The molecule has 2 aromatic rings. The highest BCUT2D eigenvalue weighted by molar-refractivity contribution is 5.93. The van der Waals surface area contributed by atoms with Gasteiger partial charge in [-0.1, -0.05) is 42.0 Å². The molecule has 0 atom stereocenters. The molecule has 1 amide bonds. The maximum absolute atomic E-state index is 12.3. The minimum Gasteiger partial charge on any atom is -0.326 e. The number of nitrogens with one attached hydrogen (secondary N) is 1. The van der Waals surface area contributed by atoms with E-state index >= 15 is 0 Å². The van der Waals surface area contributed by atoms with Crippen molar-refractivity contribution in [3.05, 3.63) is 64.7 Å². The SMILES string of the molecule is Cc1cccc(CC(=O)Nc2cccc3c2CCCC3)c1. The molecule has 21 heavy (non-hydrogen) atoms. The predicted octanol–water partition coefficient (Wildman–Crippen LogP) is 4.06. The zero-order valence-corrected chi connectivity index (χ0v) is 12.5. The van der Waals surface area contributed by atoms with E-state index in [1.807, 2.05) is 24.3 Å². The summed E-state index contributed by atoms with van der Waals surface area (Å²) in [6.07, 6.45) is 5.13. The molecule has 2 heteroatoms. The summed E-state index contributed by atoms with van der Waals surface area (Å²) in [7, 11) is 0. The average molecular weight is 279 g/mol. The molecule has 1 aliphatic carbocycles. The van der Waals surface area contributed by atoms with Crippen molar-refractivity contribution < 1.29 is 4.79 Å². The third kappa shape index (κ3) is 3.33. The van der Waals surface area contributed by atoms with Gasteiger partial charge in [-0.05, 0) is 55.4 Å². The van der Waals surface area contributed by atoms with Gasteiger partial charge in [0.05, 0.1) is 6.42 Å². The summed E-state index contributed by atoms with van der Waals surface area (Å²) in [5.74, 6) is 0.0690. The Labute approximate surface area is 126 Å². The average Bonchev–Trinajstić information content (AvgIpc) is 2.47. The molecule has 0 unspecified atom stereocenters. The van der Waals surface area contributed by atoms with Gasteiger partial charge in [-0.3, -0.25) is 4.79 Å². The zero-order chi connectivity index (χ0) is 14.7. The number of fused-ring (bicyclic) bond motifs is 1. The lowest BCUT2D eigenvalue weighted by Gasteiger charge is -2.19. The first-order valence-electron chi connectivity index (χ1n) is 7.68. The van der Waals surface area contributed by atoms with Gasteiger partial charge in [0.1, 0.15) is 0 Å². The van der Waals surface area contributed by atoms with Crippen molar-refractivity contribution in [2.24, 2.45) is 0 Å². The monoisotopic (exact) mass is 279 g/mol. The maximum atomic E-state index is 12.3. The summed E-state index contributed by atoms with van der Waals surface area (Å²) in [6.45, 7) is 2.05. The number of carbonyl (C=O) groups excluding carboxylic acids is 1. The molecule has 0 heterocycles. The van der Waals surface area contributed by atoms with Crippen LogP contribution in [0.2, 0.25) is 0 Å². The number of hydrogen-bond acceptors (Lipinski definition) is 1. The van der Waals surface area contributed by atoms with Crippen LogP contribution in [0.15, 0.2) is 42.5 Å². The lowest BCUT2D eigenvalue weighted by molar-refractivity contribution is -0.115. The molecule has 108 valence electrons. The minimum absolute atomic E-state index is 0.0690. The van der Waals surface area contributed by atoms with Crippen molar-refractivity contribution >= 4 is 11.6 Å². The fourth-order valence-corrected chi connectivity index (χ4v) is 3.10. The maximum Gasteiger partial charge on any atom is 0.228 e. The first-order chi connectivity index (χ1) is 10.2. The summed E-state index contributed by atoms with van der Waals surface area (Å²) in [5.41, 5.74) is 6.00. The van der Waals surface area contributed by atoms with Crippen LogP contribution in [0, 0.1) is 6.92 Å². The predicted molar refractivity (Wildman–Crippen MR) is 86.6 cm³/mol. The molecular weight excluding hydrogens is 258 g/mol. The van der Waals surface area contributed by atoms with Gasteiger partial charge in [0.25, 0.3) is 0 Å². The molecule has 0 fully saturated rings. The van der Waals surface area contributed by atoms with Gasteiger partial charge in [-0.25, -0.2) is 0 Å². The Morgan fingerprint density at radius 3 is 2.76 bits per heavy atom. The molecule has 3 rings (SSSR count). The fraction of sp³-hybridized carbons (Fsp3) is 0.316. The van der Waals surface area contributed by atoms with Gasteiger partial charge >= 0.3 is 0 Å². The van der Waals surface area contributed by atoms with Crippen LogP contribution in [0.5, 0.6) is 0 Å². The molecule has 0 aromatic heterocycles. The van der Waals surface area contributed by atoms with E-state index in [4.69, 9.17) is 0 Å². The van der Waals surface area contributed by atoms with Gasteiger partial charge in [0, 0.05) is 5.69 Å². The highest BCUT2D eigenvalue weighted by Gasteiger charge is 2.14. The van der Waals surface area contributed by atoms with Crippen LogP contribution < -0.4 is 5.32 Å². The Balaban J connectivity index is 1.73. The molecule has 2 nitrogen and oxygen atoms in total. The fourth-order valence-electron chi connectivity index (χ4n) is 3.10. The van der Waals surface area contributed by atoms with Crippen molar-refractivity contribution in [3.8, 4) is 0 Å². The topological polar surface area (TPSA) is 29.1 Å². The van der Waals surface area contributed by atoms with Crippen molar-refractivity contribution in [2.45, 2.75) is 39.0 Å². The van der Waals surface area contributed by atoms with Gasteiger partial charge in [0.2, 0.25) is 5.91 Å². The van der Waals surface area contributed by atoms with E-state index in [-0.39, 0.29) is 5.91 Å². The van der Waals surface area contributed by atoms with E-state index < -0.39 is 0 Å². The van der Waals surface area contributed by atoms with Crippen molar-refractivity contribution in [1.29, 1.82) is 0 Å². The largest absolute Gasteiger partial charge is 0.326 e. The van der Waals surface area contributed by atoms with Crippen molar-refractivity contribution in [1.82, 2.24) is 0 Å². The molecule has 0 radical (unpaired) electrons. The number of rotatable bonds is 3. The van der Waals surface area contributed by atoms with Crippen LogP contribution in [0.25, 0.3) is 0 Å². The molecule has 0 saturated heterocycles. The Kier molecular flexibility index (Phi) is 4.05. The first-order valence-corrected chi connectivity index (χ1v) is 7.68. The molecular formula is C19H21NO. The highest BCUT2D eigenvalue weighted by atomic mass is 16.1. The number of carbonyl (C=O) groups is 1. The Bertz CT molecular complexity index is 660. The van der Waals surface area contributed by atoms with E-state index in [2.05, 4.69) is 30.4 Å². The number of benzene rings is 2. The van der Waals surface area contributed by atoms with Gasteiger partial charge < -0.3 is 5.32 Å². The Morgan fingerprint density at radius 2 is 1.90 bits per heavy atom. The Hall–Kier alpha value is -2.09. The summed E-state index contributed by atoms with van der Waals surface area (Å²) >= 11 is 0. The minimum atomic E-state index is 0.0690. The summed E-state index contributed by atoms with van der Waals surface area (Å²) in [4.78, 5) is 12.3. The summed E-state index contributed by atoms with van der Waals surface area (Å²) in [6, 6.07) is 14.4. The molecule has 2 aromatic carbocycles. The lowest BCUT2D eigenvalue weighted by Crippen LogP contribution is -2.17. The molecule has 0 aliphatic heterocycles. The van der Waals surface area contributed by atoms with Gasteiger partial charge in [0.15, 0.2) is 0 Å². The van der Waals surface area contributed by atoms with Crippen LogP contribution in [0.4, 0.5) is 5.69 Å². The third-order valence-electron chi connectivity index (χ3n) is 4.12. The highest BCUT2D eigenvalue weighted by Crippen LogP contribution is 2.27. The summed E-state index contributed by atoms with van der Waals surface area (Å²) < 4.78 is 0. The molecule has 0 spiro atoms. The summed E-state index contributed by atoms with van der Waals surface area (Å²) in [5, 5.41) is 3.10. The molecule has 1 N–H and O–H groups in total. The third-order valence-corrected chi connectivity index (χ3v) is 4.12. The van der Waals surface area contributed by atoms with Crippen LogP contribution in [0.3, 0.4) is 0 Å². The van der Waals surface area contributed by atoms with Gasteiger partial charge in [-0.15, -0.1) is 0 Å². The van der Waals surface area contributed by atoms with Crippen molar-refractivity contribution in [2.75, 3.05) is 5.32 Å². The lowest BCUT2D eigenvalue weighted by atomic mass is 9.90. The second-order valence-electron chi connectivity index (χ2n) is 5.86. The zero-order valence-electron chi connectivity index (χ0n) is 12.5. The van der Waals surface area contributed by atoms with E-state index in [1.165, 1.54) is 29.5 Å². The normalized spacial score (nSPS) is 13.6. The van der Waals surface area contributed by atoms with E-state index in [9.17, 15) is 4.79 Å². The van der Waals surface area contributed by atoms with E-state index in [0.29, 0.717) is 6.42 Å². The standard InChI is InChI=1S/C19H21NO/c1-14-6-4-7-15(12-14)13-19(21)20-18-11-5-9-16-8-2-3-10-17(16)18/h4-7,9,11-12H,2-3,8,10,13H2,1H3,(H,20,21). The number of hydrogen-bond donors (Lipinski definition) is 1. The van der Waals surface area contributed by atoms with E-state index in [0.717, 1.165) is 24.1 Å². The first kappa shape index (κ1) is 13.9. The molecule has 0 saturated carbocycles.